The Balaban J connectivity index is 1.22. The molecule has 336 valence electrons. The molecule has 2 fully saturated rings. The van der Waals surface area contributed by atoms with Gasteiger partial charge in [-0.1, -0.05) is 48.5 Å². The predicted molar refractivity (Wildman–Crippen MR) is 218 cm³/mol. The van der Waals surface area contributed by atoms with E-state index in [0.717, 1.165) is 0 Å². The summed E-state index contributed by atoms with van der Waals surface area (Å²) in [5, 5.41) is 100. The highest BCUT2D eigenvalue weighted by molar-refractivity contribution is 6.00. The number of aliphatic hydroxyl groups is 8. The van der Waals surface area contributed by atoms with Crippen molar-refractivity contribution in [1.82, 2.24) is 0 Å². The number of hydrogen-bond acceptors (Lipinski definition) is 16. The van der Waals surface area contributed by atoms with Gasteiger partial charge < -0.3 is 70.0 Å². The van der Waals surface area contributed by atoms with Crippen molar-refractivity contribution in [3.63, 3.8) is 0 Å². The third kappa shape index (κ3) is 11.1. The highest BCUT2D eigenvalue weighted by Gasteiger charge is 2.46. The standard InChI is InChI=1S/C45H48O18/c46-20-34-38(54)40(56)42(58)44(62-34)60-32-12-10-26(18-28(32)24-6-1-4-22(14-24)16-36(50)51)30(48)8-3-9-31(49)27-11-13-33(61-45-43(59)41(57)39(55)35(21-47)63-45)29(19-27)25-7-2-5-23(15-25)17-37(52)53/h1-2,4-7,10-15,18-19,34-35,38-47,54-59H,3,8-9,16-17,20-21H2,(H,50,51)(H,52,53)/t34-,35-,38-,39-,40+,41+,42+,43+,44-,45-/m1/s1. The van der Waals surface area contributed by atoms with Crippen molar-refractivity contribution in [2.45, 2.75) is 93.5 Å². The fraction of sp³-hybridized carbons (Fsp3) is 0.378. The largest absolute Gasteiger partial charge is 0.481 e. The van der Waals surface area contributed by atoms with Crippen LogP contribution in [-0.4, -0.2) is 149 Å². The van der Waals surface area contributed by atoms with Crippen LogP contribution in [0.25, 0.3) is 22.3 Å². The second kappa shape index (κ2) is 20.7. The zero-order valence-corrected chi connectivity index (χ0v) is 33.5. The van der Waals surface area contributed by atoms with Crippen LogP contribution in [-0.2, 0) is 31.9 Å². The molecule has 63 heavy (non-hydrogen) atoms. The Morgan fingerprint density at radius 2 is 0.905 bits per heavy atom. The number of rotatable bonds is 18. The van der Waals surface area contributed by atoms with Crippen molar-refractivity contribution in [3.05, 3.63) is 107 Å². The molecule has 0 unspecified atom stereocenters. The van der Waals surface area contributed by atoms with E-state index in [2.05, 4.69) is 0 Å². The maximum Gasteiger partial charge on any atom is 0.307 e. The molecule has 4 aromatic rings. The Bertz CT molecular complexity index is 2120. The second-order valence-corrected chi connectivity index (χ2v) is 15.3. The van der Waals surface area contributed by atoms with Crippen molar-refractivity contribution in [2.24, 2.45) is 0 Å². The van der Waals surface area contributed by atoms with Gasteiger partial charge in [0.15, 0.2) is 11.6 Å². The molecule has 0 spiro atoms. The number of carbonyl (C=O) groups is 4. The van der Waals surface area contributed by atoms with E-state index >= 15 is 0 Å². The zero-order chi connectivity index (χ0) is 45.5. The van der Waals surface area contributed by atoms with Gasteiger partial charge in [-0.25, -0.2) is 0 Å². The van der Waals surface area contributed by atoms with Crippen molar-refractivity contribution < 1.29 is 89.2 Å². The highest BCUT2D eigenvalue weighted by atomic mass is 16.7. The SMILES string of the molecule is O=C(O)Cc1cccc(-c2cc(C(=O)CCCC(=O)c3ccc(O[C@@H]4O[C@H](CO)[C@@H](O)[C@H](O)[C@@H]4O)c(-c4cccc(CC(=O)O)c4)c3)ccc2O[C@@H]2O[C@H](CO)[C@@H](O)[C@H](O)[C@@H]2O)c1. The Morgan fingerprint density at radius 1 is 0.508 bits per heavy atom. The van der Waals surface area contributed by atoms with Crippen LogP contribution >= 0.6 is 0 Å². The summed E-state index contributed by atoms with van der Waals surface area (Å²) in [6.07, 6.45) is -16.6. The molecule has 2 aliphatic heterocycles. The van der Waals surface area contributed by atoms with Gasteiger partial charge >= 0.3 is 11.9 Å². The summed E-state index contributed by atoms with van der Waals surface area (Å²) in [5.41, 5.74) is 2.68. The van der Waals surface area contributed by atoms with E-state index in [4.69, 9.17) is 18.9 Å². The van der Waals surface area contributed by atoms with Crippen LogP contribution in [0.1, 0.15) is 51.1 Å². The molecule has 0 bridgehead atoms. The minimum Gasteiger partial charge on any atom is -0.481 e. The van der Waals surface area contributed by atoms with Crippen LogP contribution in [0, 0.1) is 0 Å². The van der Waals surface area contributed by atoms with Crippen molar-refractivity contribution >= 4 is 23.5 Å². The van der Waals surface area contributed by atoms with Crippen LogP contribution in [0.3, 0.4) is 0 Å². The lowest BCUT2D eigenvalue weighted by Crippen LogP contribution is -2.60. The summed E-state index contributed by atoms with van der Waals surface area (Å²) in [6, 6.07) is 21.5. The summed E-state index contributed by atoms with van der Waals surface area (Å²) < 4.78 is 22.9. The molecule has 6 rings (SSSR count). The van der Waals surface area contributed by atoms with Gasteiger partial charge in [-0.15, -0.1) is 0 Å². The average Bonchev–Trinajstić information content (AvgIpc) is 3.26. The van der Waals surface area contributed by atoms with Crippen molar-refractivity contribution in [1.29, 1.82) is 0 Å². The zero-order valence-electron chi connectivity index (χ0n) is 33.5. The first kappa shape index (κ1) is 46.9. The van der Waals surface area contributed by atoms with Crippen LogP contribution in [0.5, 0.6) is 11.5 Å². The summed E-state index contributed by atoms with van der Waals surface area (Å²) >= 11 is 0. The van der Waals surface area contributed by atoms with Gasteiger partial charge in [-0.2, -0.15) is 0 Å². The van der Waals surface area contributed by atoms with Gasteiger partial charge in [0, 0.05) is 35.1 Å². The maximum absolute atomic E-state index is 13.6. The normalized spacial score (nSPS) is 25.8. The number of ether oxygens (including phenoxy) is 4. The molecule has 2 aliphatic rings. The maximum atomic E-state index is 13.6. The molecule has 10 atom stereocenters. The third-order valence-corrected chi connectivity index (χ3v) is 10.8. The lowest BCUT2D eigenvalue weighted by molar-refractivity contribution is -0.277. The second-order valence-electron chi connectivity index (χ2n) is 15.3. The molecular formula is C45H48O18. The number of carboxylic acids is 2. The Kier molecular flexibility index (Phi) is 15.4. The lowest BCUT2D eigenvalue weighted by Gasteiger charge is -2.39. The van der Waals surface area contributed by atoms with Gasteiger partial charge in [0.1, 0.15) is 60.3 Å². The first-order valence-electron chi connectivity index (χ1n) is 20.0. The van der Waals surface area contributed by atoms with E-state index < -0.39 is 86.6 Å². The average molecular weight is 877 g/mol. The summed E-state index contributed by atoms with van der Waals surface area (Å²) in [7, 11) is 0. The van der Waals surface area contributed by atoms with Crippen LogP contribution < -0.4 is 9.47 Å². The first-order valence-corrected chi connectivity index (χ1v) is 20.0. The first-order chi connectivity index (χ1) is 30.1. The topological polar surface area (TPSA) is 308 Å². The number of ketones is 2. The number of carboxylic acid groups (broad SMARTS) is 2. The number of Topliss-reactive ketones (excluding diaryl/α,β-unsaturated/α-hetero) is 2. The van der Waals surface area contributed by atoms with Gasteiger partial charge in [-0.05, 0) is 65.1 Å². The monoisotopic (exact) mass is 876 g/mol. The van der Waals surface area contributed by atoms with Gasteiger partial charge in [-0.3, -0.25) is 19.2 Å². The van der Waals surface area contributed by atoms with E-state index in [1.54, 1.807) is 48.5 Å². The van der Waals surface area contributed by atoms with Gasteiger partial charge in [0.2, 0.25) is 12.6 Å². The van der Waals surface area contributed by atoms with E-state index in [1.807, 2.05) is 0 Å². The number of hydrogen-bond donors (Lipinski definition) is 10. The van der Waals surface area contributed by atoms with Crippen LogP contribution in [0.2, 0.25) is 0 Å². The van der Waals surface area contributed by atoms with E-state index in [1.165, 1.54) is 36.4 Å². The molecule has 2 saturated heterocycles. The third-order valence-electron chi connectivity index (χ3n) is 10.8. The minimum absolute atomic E-state index is 0.0572. The fourth-order valence-electron chi connectivity index (χ4n) is 7.39. The smallest absolute Gasteiger partial charge is 0.307 e. The summed E-state index contributed by atoms with van der Waals surface area (Å²) in [4.78, 5) is 50.3. The molecular weight excluding hydrogens is 828 g/mol. The molecule has 18 heteroatoms. The van der Waals surface area contributed by atoms with Crippen molar-refractivity contribution in [2.75, 3.05) is 13.2 Å². The molecule has 0 aromatic heterocycles. The minimum atomic E-state index is -1.74. The summed E-state index contributed by atoms with van der Waals surface area (Å²) in [6.45, 7) is -1.39. The van der Waals surface area contributed by atoms with E-state index in [9.17, 15) is 70.2 Å². The Morgan fingerprint density at radius 3 is 1.27 bits per heavy atom. The fourth-order valence-corrected chi connectivity index (χ4v) is 7.39. The van der Waals surface area contributed by atoms with Crippen molar-refractivity contribution in [3.8, 4) is 33.8 Å². The molecule has 0 radical (unpaired) electrons. The molecule has 18 nitrogen and oxygen atoms in total. The molecule has 10 N–H and O–H groups in total. The van der Waals surface area contributed by atoms with E-state index in [0.29, 0.717) is 22.3 Å². The Labute approximate surface area is 359 Å². The number of aliphatic carboxylic acids is 2. The molecule has 4 aromatic carbocycles. The highest BCUT2D eigenvalue weighted by Crippen LogP contribution is 2.37. The molecule has 2 heterocycles. The summed E-state index contributed by atoms with van der Waals surface area (Å²) in [5.74, 6) is -2.79. The van der Waals surface area contributed by atoms with Crippen LogP contribution in [0.4, 0.5) is 0 Å². The lowest BCUT2D eigenvalue weighted by atomic mass is 9.94. The molecule has 0 amide bonds. The van der Waals surface area contributed by atoms with Crippen LogP contribution in [0.15, 0.2) is 84.9 Å². The van der Waals surface area contributed by atoms with E-state index in [-0.39, 0.29) is 77.4 Å². The number of carbonyl (C=O) groups excluding carboxylic acids is 2. The number of aliphatic hydroxyl groups excluding tert-OH is 8. The number of benzene rings is 4. The molecule has 0 saturated carbocycles. The quantitative estimate of drug-likeness (QED) is 0.0620. The predicted octanol–water partition coefficient (Wildman–Crippen LogP) is 0.868. The Hall–Kier alpha value is -5.64. The van der Waals surface area contributed by atoms with Gasteiger partial charge in [0.05, 0.1) is 26.1 Å². The molecule has 0 aliphatic carbocycles. The van der Waals surface area contributed by atoms with Gasteiger partial charge in [0.25, 0.3) is 0 Å².